The molecule has 0 saturated heterocycles. The zero-order valence-electron chi connectivity index (χ0n) is 16.7. The number of rotatable bonds is 5. The minimum absolute atomic E-state index is 0.0207. The molecule has 0 unspecified atom stereocenters. The number of aryl methyl sites for hydroxylation is 1. The number of carbonyl (C=O) groups excluding carboxylic acids is 1. The van der Waals surface area contributed by atoms with Crippen molar-refractivity contribution in [1.29, 1.82) is 0 Å². The number of Topliss-reactive ketones (excluding diaryl/α,β-unsaturated/α-hetero) is 1. The normalized spacial score (nSPS) is 12.4. The molecule has 3 N–H and O–H groups in total. The van der Waals surface area contributed by atoms with Gasteiger partial charge in [0.05, 0.1) is 12.3 Å². The molecule has 4 nitrogen and oxygen atoms in total. The van der Waals surface area contributed by atoms with Crippen LogP contribution in [0.2, 0.25) is 0 Å². The van der Waals surface area contributed by atoms with Crippen molar-refractivity contribution < 1.29 is 15.0 Å². The molecule has 1 aromatic heterocycles. The number of carbonyl (C=O) groups is 1. The number of benzene rings is 1. The molecular weight excluding hydrogens is 326 g/mol. The van der Waals surface area contributed by atoms with Crippen LogP contribution in [0.25, 0.3) is 0 Å². The van der Waals surface area contributed by atoms with Crippen molar-refractivity contribution in [2.45, 2.75) is 71.8 Å². The van der Waals surface area contributed by atoms with Crippen LogP contribution in [0.4, 0.5) is 0 Å². The Labute approximate surface area is 156 Å². The van der Waals surface area contributed by atoms with Crippen LogP contribution in [0.3, 0.4) is 0 Å². The number of aromatic hydroxyl groups is 1. The van der Waals surface area contributed by atoms with Crippen LogP contribution in [-0.2, 0) is 23.9 Å². The predicted octanol–water partition coefficient (Wildman–Crippen LogP) is 4.62. The number of H-pyrrole nitrogens is 1. The van der Waals surface area contributed by atoms with Gasteiger partial charge in [-0.3, -0.25) is 4.79 Å². The van der Waals surface area contributed by atoms with Gasteiger partial charge in [-0.2, -0.15) is 0 Å². The molecule has 0 atom stereocenters. The fraction of sp³-hybridized carbons (Fsp3) is 0.500. The minimum Gasteiger partial charge on any atom is -0.507 e. The Morgan fingerprint density at radius 2 is 1.50 bits per heavy atom. The van der Waals surface area contributed by atoms with Gasteiger partial charge in [0.15, 0.2) is 5.78 Å². The molecule has 0 fully saturated rings. The van der Waals surface area contributed by atoms with E-state index in [1.54, 1.807) is 12.3 Å². The standard InChI is InChI=1S/C22H31NO3/c1-21(2,3)16-9-14(10-17(20(16)26)22(4,5)6)7-8-19(25)18-11-15(13-24)12-23-18/h9-12,23-24,26H,7-8,13H2,1-6H3. The van der Waals surface area contributed by atoms with Crippen molar-refractivity contribution in [1.82, 2.24) is 4.98 Å². The Kier molecular flexibility index (Phi) is 5.67. The Morgan fingerprint density at radius 3 is 1.92 bits per heavy atom. The fourth-order valence-electron chi connectivity index (χ4n) is 3.07. The molecular formula is C22H31NO3. The van der Waals surface area contributed by atoms with E-state index < -0.39 is 0 Å². The molecule has 2 aromatic rings. The van der Waals surface area contributed by atoms with Crippen molar-refractivity contribution in [2.24, 2.45) is 0 Å². The number of phenolic OH excluding ortho intramolecular Hbond substituents is 1. The summed E-state index contributed by atoms with van der Waals surface area (Å²) in [6.45, 7) is 12.4. The molecule has 26 heavy (non-hydrogen) atoms. The van der Waals surface area contributed by atoms with Gasteiger partial charge in [-0.15, -0.1) is 0 Å². The van der Waals surface area contributed by atoms with Gasteiger partial charge < -0.3 is 15.2 Å². The summed E-state index contributed by atoms with van der Waals surface area (Å²) in [6, 6.07) is 5.73. The van der Waals surface area contributed by atoms with Crippen LogP contribution < -0.4 is 0 Å². The summed E-state index contributed by atoms with van der Waals surface area (Å²) in [5.41, 5.74) is 3.76. The highest BCUT2D eigenvalue weighted by atomic mass is 16.3. The average Bonchev–Trinajstić information content (AvgIpc) is 3.00. The number of hydrogen-bond donors (Lipinski definition) is 3. The van der Waals surface area contributed by atoms with E-state index >= 15 is 0 Å². The molecule has 0 bridgehead atoms. The number of hydrogen-bond acceptors (Lipinski definition) is 3. The maximum absolute atomic E-state index is 12.4. The number of aliphatic hydroxyl groups excluding tert-OH is 1. The topological polar surface area (TPSA) is 73.3 Å². The number of aliphatic hydroxyl groups is 1. The van der Waals surface area contributed by atoms with Crippen molar-refractivity contribution >= 4 is 5.78 Å². The van der Waals surface area contributed by atoms with E-state index in [1.807, 2.05) is 12.1 Å². The predicted molar refractivity (Wildman–Crippen MR) is 105 cm³/mol. The quantitative estimate of drug-likeness (QED) is 0.684. The smallest absolute Gasteiger partial charge is 0.179 e. The maximum Gasteiger partial charge on any atom is 0.179 e. The highest BCUT2D eigenvalue weighted by Gasteiger charge is 2.26. The number of phenols is 1. The zero-order valence-corrected chi connectivity index (χ0v) is 16.7. The van der Waals surface area contributed by atoms with Gasteiger partial charge in [0.2, 0.25) is 0 Å². The molecule has 0 saturated carbocycles. The molecule has 0 amide bonds. The van der Waals surface area contributed by atoms with Gasteiger partial charge in [0.1, 0.15) is 5.75 Å². The molecule has 4 heteroatoms. The summed E-state index contributed by atoms with van der Waals surface area (Å²) in [7, 11) is 0. The van der Waals surface area contributed by atoms with Crippen LogP contribution in [0.15, 0.2) is 24.4 Å². The molecule has 1 aromatic carbocycles. The number of ketones is 1. The molecule has 1 heterocycles. The van der Waals surface area contributed by atoms with E-state index in [9.17, 15) is 9.90 Å². The second-order valence-corrected chi connectivity index (χ2v) is 9.04. The highest BCUT2D eigenvalue weighted by Crippen LogP contribution is 2.40. The lowest BCUT2D eigenvalue weighted by atomic mass is 9.78. The number of nitrogens with one attached hydrogen (secondary N) is 1. The van der Waals surface area contributed by atoms with E-state index in [2.05, 4.69) is 46.5 Å². The molecule has 0 aliphatic rings. The van der Waals surface area contributed by atoms with Gasteiger partial charge in [-0.25, -0.2) is 0 Å². The van der Waals surface area contributed by atoms with Crippen molar-refractivity contribution in [3.8, 4) is 5.75 Å². The Morgan fingerprint density at radius 1 is 0.962 bits per heavy atom. The third kappa shape index (κ3) is 4.55. The fourth-order valence-corrected chi connectivity index (χ4v) is 3.07. The summed E-state index contributed by atoms with van der Waals surface area (Å²) >= 11 is 0. The lowest BCUT2D eigenvalue weighted by molar-refractivity contribution is 0.0978. The Balaban J connectivity index is 2.30. The Hall–Kier alpha value is -2.07. The van der Waals surface area contributed by atoms with Crippen LogP contribution in [-0.4, -0.2) is 21.0 Å². The summed E-state index contributed by atoms with van der Waals surface area (Å²) in [5, 5.41) is 19.9. The monoisotopic (exact) mass is 357 g/mol. The van der Waals surface area contributed by atoms with Gasteiger partial charge >= 0.3 is 0 Å². The first-order valence-electron chi connectivity index (χ1n) is 9.11. The van der Waals surface area contributed by atoms with E-state index in [1.165, 1.54) is 0 Å². The van der Waals surface area contributed by atoms with Gasteiger partial charge in [0, 0.05) is 12.6 Å². The maximum atomic E-state index is 12.4. The van der Waals surface area contributed by atoms with E-state index in [0.29, 0.717) is 29.8 Å². The van der Waals surface area contributed by atoms with E-state index in [0.717, 1.165) is 16.7 Å². The van der Waals surface area contributed by atoms with Gasteiger partial charge in [-0.1, -0.05) is 53.7 Å². The Bertz CT molecular complexity index is 753. The molecule has 142 valence electrons. The highest BCUT2D eigenvalue weighted by molar-refractivity contribution is 5.94. The van der Waals surface area contributed by atoms with Gasteiger partial charge in [0.25, 0.3) is 0 Å². The third-order valence-corrected chi connectivity index (χ3v) is 4.65. The largest absolute Gasteiger partial charge is 0.507 e. The second kappa shape index (κ2) is 7.28. The second-order valence-electron chi connectivity index (χ2n) is 9.04. The SMILES string of the molecule is CC(C)(C)c1cc(CCC(=O)c2cc(CO)c[nH]2)cc(C(C)(C)C)c1O. The first-order chi connectivity index (χ1) is 11.9. The first-order valence-corrected chi connectivity index (χ1v) is 9.11. The third-order valence-electron chi connectivity index (χ3n) is 4.65. The lowest BCUT2D eigenvalue weighted by Crippen LogP contribution is -2.18. The van der Waals surface area contributed by atoms with Gasteiger partial charge in [-0.05, 0) is 45.6 Å². The summed E-state index contributed by atoms with van der Waals surface area (Å²) < 4.78 is 0. The lowest BCUT2D eigenvalue weighted by Gasteiger charge is -2.28. The summed E-state index contributed by atoms with van der Waals surface area (Å²) in [6.07, 6.45) is 2.64. The van der Waals surface area contributed by atoms with Crippen LogP contribution in [0.1, 0.15) is 80.7 Å². The molecule has 0 radical (unpaired) electrons. The van der Waals surface area contributed by atoms with E-state index in [-0.39, 0.29) is 23.2 Å². The van der Waals surface area contributed by atoms with Crippen molar-refractivity contribution in [2.75, 3.05) is 0 Å². The van der Waals surface area contributed by atoms with Crippen molar-refractivity contribution in [3.63, 3.8) is 0 Å². The van der Waals surface area contributed by atoms with E-state index in [4.69, 9.17) is 5.11 Å². The molecule has 2 rings (SSSR count). The van der Waals surface area contributed by atoms with Crippen LogP contribution >= 0.6 is 0 Å². The first kappa shape index (κ1) is 20.2. The minimum atomic E-state index is -0.181. The molecule has 0 spiro atoms. The molecule has 0 aliphatic heterocycles. The van der Waals surface area contributed by atoms with Crippen molar-refractivity contribution in [3.05, 3.63) is 52.3 Å². The summed E-state index contributed by atoms with van der Waals surface area (Å²) in [5.74, 6) is 0.379. The van der Waals surface area contributed by atoms with Crippen LogP contribution in [0, 0.1) is 0 Å². The summed E-state index contributed by atoms with van der Waals surface area (Å²) in [4.78, 5) is 15.3. The van der Waals surface area contributed by atoms with Crippen LogP contribution in [0.5, 0.6) is 5.75 Å². The number of aromatic nitrogens is 1. The average molecular weight is 357 g/mol. The molecule has 0 aliphatic carbocycles. The zero-order chi connectivity index (χ0) is 19.7. The number of aromatic amines is 1.